The van der Waals surface area contributed by atoms with Crippen molar-refractivity contribution in [2.24, 2.45) is 0 Å². The van der Waals surface area contributed by atoms with Crippen molar-refractivity contribution in [3.8, 4) is 0 Å². The summed E-state index contributed by atoms with van der Waals surface area (Å²) in [5.41, 5.74) is 0. The van der Waals surface area contributed by atoms with Gasteiger partial charge >= 0.3 is 6.09 Å². The fourth-order valence-corrected chi connectivity index (χ4v) is 1.30. The first kappa shape index (κ1) is 8.99. The van der Waals surface area contributed by atoms with Gasteiger partial charge in [-0.05, 0) is 6.92 Å². The fourth-order valence-electron chi connectivity index (χ4n) is 1.30. The van der Waals surface area contributed by atoms with Gasteiger partial charge < -0.3 is 10.4 Å². The van der Waals surface area contributed by atoms with E-state index < -0.39 is 12.1 Å². The maximum atomic E-state index is 11.0. The van der Waals surface area contributed by atoms with Crippen molar-refractivity contribution in [1.82, 2.24) is 10.2 Å². The lowest BCUT2D eigenvalue weighted by Crippen LogP contribution is -2.56. The van der Waals surface area contributed by atoms with Gasteiger partial charge in [-0.3, -0.25) is 9.69 Å². The van der Waals surface area contributed by atoms with E-state index in [1.807, 2.05) is 0 Å². The Morgan fingerprint density at radius 2 is 2.25 bits per heavy atom. The molecule has 1 aliphatic rings. The van der Waals surface area contributed by atoms with E-state index in [2.05, 4.69) is 5.32 Å². The lowest BCUT2D eigenvalue weighted by atomic mass is 10.1. The van der Waals surface area contributed by atoms with E-state index in [0.29, 0.717) is 19.6 Å². The minimum absolute atomic E-state index is 0.107. The molecule has 0 aromatic rings. The van der Waals surface area contributed by atoms with Crippen LogP contribution in [0.1, 0.15) is 6.92 Å². The Morgan fingerprint density at radius 1 is 1.58 bits per heavy atom. The second-order valence-corrected chi connectivity index (χ2v) is 2.81. The summed E-state index contributed by atoms with van der Waals surface area (Å²) in [6, 6.07) is -0.503. The number of carbonyl (C=O) groups is 2. The molecule has 1 atom stereocenters. The molecule has 5 nitrogen and oxygen atoms in total. The van der Waals surface area contributed by atoms with Crippen molar-refractivity contribution in [2.45, 2.75) is 13.0 Å². The molecule has 0 spiro atoms. The summed E-state index contributed by atoms with van der Waals surface area (Å²) in [6.07, 6.45) is -1.02. The SMILES string of the molecule is CC(=O)C1CNCCN1C(=O)O. The molecule has 68 valence electrons. The molecule has 1 rings (SSSR count). The minimum atomic E-state index is -1.02. The van der Waals surface area contributed by atoms with Crippen molar-refractivity contribution < 1.29 is 14.7 Å². The van der Waals surface area contributed by atoms with Crippen LogP contribution in [0.15, 0.2) is 0 Å². The second-order valence-electron chi connectivity index (χ2n) is 2.81. The van der Waals surface area contributed by atoms with Crippen LogP contribution in [-0.4, -0.2) is 47.6 Å². The number of hydrogen-bond acceptors (Lipinski definition) is 3. The molecular weight excluding hydrogens is 160 g/mol. The van der Waals surface area contributed by atoms with Gasteiger partial charge in [0.25, 0.3) is 0 Å². The zero-order valence-electron chi connectivity index (χ0n) is 6.91. The number of hydrogen-bond donors (Lipinski definition) is 2. The highest BCUT2D eigenvalue weighted by Gasteiger charge is 2.29. The second kappa shape index (κ2) is 3.53. The van der Waals surface area contributed by atoms with Gasteiger partial charge in [0, 0.05) is 19.6 Å². The molecule has 5 heteroatoms. The third kappa shape index (κ3) is 1.73. The highest BCUT2D eigenvalue weighted by molar-refractivity contribution is 5.85. The van der Waals surface area contributed by atoms with Crippen LogP contribution in [-0.2, 0) is 4.79 Å². The summed E-state index contributed by atoms with van der Waals surface area (Å²) in [5.74, 6) is -0.107. The zero-order chi connectivity index (χ0) is 9.14. The molecule has 0 radical (unpaired) electrons. The monoisotopic (exact) mass is 172 g/mol. The van der Waals surface area contributed by atoms with E-state index in [9.17, 15) is 9.59 Å². The number of piperazine rings is 1. The Balaban J connectivity index is 2.67. The molecule has 0 aliphatic carbocycles. The van der Waals surface area contributed by atoms with Crippen molar-refractivity contribution in [3.63, 3.8) is 0 Å². The van der Waals surface area contributed by atoms with E-state index >= 15 is 0 Å². The van der Waals surface area contributed by atoms with E-state index in [4.69, 9.17) is 5.11 Å². The van der Waals surface area contributed by atoms with Gasteiger partial charge in [-0.15, -0.1) is 0 Å². The molecule has 1 saturated heterocycles. The van der Waals surface area contributed by atoms with Crippen LogP contribution in [0, 0.1) is 0 Å². The molecule has 1 heterocycles. The summed E-state index contributed by atoms with van der Waals surface area (Å²) < 4.78 is 0. The van der Waals surface area contributed by atoms with Gasteiger partial charge in [0.05, 0.1) is 0 Å². The van der Waals surface area contributed by atoms with Crippen molar-refractivity contribution >= 4 is 11.9 Å². The maximum absolute atomic E-state index is 11.0. The molecule has 0 aromatic heterocycles. The van der Waals surface area contributed by atoms with Gasteiger partial charge in [-0.1, -0.05) is 0 Å². The number of carbonyl (C=O) groups excluding carboxylic acids is 1. The quantitative estimate of drug-likeness (QED) is 0.561. The van der Waals surface area contributed by atoms with Crippen molar-refractivity contribution in [1.29, 1.82) is 0 Å². The van der Waals surface area contributed by atoms with E-state index in [-0.39, 0.29) is 5.78 Å². The van der Waals surface area contributed by atoms with Crippen molar-refractivity contribution in [3.05, 3.63) is 0 Å². The van der Waals surface area contributed by atoms with Crippen LogP contribution in [0.25, 0.3) is 0 Å². The maximum Gasteiger partial charge on any atom is 0.408 e. The van der Waals surface area contributed by atoms with Crippen LogP contribution in [0.2, 0.25) is 0 Å². The molecule has 1 amide bonds. The topological polar surface area (TPSA) is 69.6 Å². The number of nitrogens with one attached hydrogen (secondary N) is 1. The van der Waals surface area contributed by atoms with Crippen LogP contribution in [0.4, 0.5) is 4.79 Å². The number of amides is 1. The molecule has 1 aliphatic heterocycles. The van der Waals surface area contributed by atoms with Crippen LogP contribution >= 0.6 is 0 Å². The molecule has 2 N–H and O–H groups in total. The van der Waals surface area contributed by atoms with Gasteiger partial charge in [0.15, 0.2) is 5.78 Å². The molecule has 0 bridgehead atoms. The van der Waals surface area contributed by atoms with Crippen LogP contribution in [0.5, 0.6) is 0 Å². The zero-order valence-corrected chi connectivity index (χ0v) is 6.91. The highest BCUT2D eigenvalue weighted by atomic mass is 16.4. The number of nitrogens with zero attached hydrogens (tertiary/aromatic N) is 1. The molecule has 0 saturated carbocycles. The third-order valence-corrected chi connectivity index (χ3v) is 1.96. The van der Waals surface area contributed by atoms with E-state index in [0.717, 1.165) is 0 Å². The lowest BCUT2D eigenvalue weighted by Gasteiger charge is -2.32. The highest BCUT2D eigenvalue weighted by Crippen LogP contribution is 2.04. The number of rotatable bonds is 1. The normalized spacial score (nSPS) is 23.8. The third-order valence-electron chi connectivity index (χ3n) is 1.96. The molecule has 12 heavy (non-hydrogen) atoms. The Morgan fingerprint density at radius 3 is 2.67 bits per heavy atom. The minimum Gasteiger partial charge on any atom is -0.465 e. The average Bonchev–Trinajstić information content (AvgIpc) is 2.04. The number of carboxylic acid groups (broad SMARTS) is 1. The van der Waals surface area contributed by atoms with Gasteiger partial charge in [-0.25, -0.2) is 4.79 Å². The smallest absolute Gasteiger partial charge is 0.408 e. The Kier molecular flexibility index (Phi) is 2.65. The van der Waals surface area contributed by atoms with Gasteiger partial charge in [0.2, 0.25) is 0 Å². The van der Waals surface area contributed by atoms with E-state index in [1.54, 1.807) is 0 Å². The Labute approximate surface area is 70.4 Å². The molecule has 0 aromatic carbocycles. The van der Waals surface area contributed by atoms with Gasteiger partial charge in [0.1, 0.15) is 6.04 Å². The first-order valence-corrected chi connectivity index (χ1v) is 3.83. The molecular formula is C7H12N2O3. The lowest BCUT2D eigenvalue weighted by molar-refractivity contribution is -0.122. The summed E-state index contributed by atoms with van der Waals surface area (Å²) in [4.78, 5) is 22.8. The van der Waals surface area contributed by atoms with E-state index in [1.165, 1.54) is 11.8 Å². The first-order chi connectivity index (χ1) is 5.63. The average molecular weight is 172 g/mol. The largest absolute Gasteiger partial charge is 0.465 e. The van der Waals surface area contributed by atoms with Crippen molar-refractivity contribution in [2.75, 3.05) is 19.6 Å². The summed E-state index contributed by atoms with van der Waals surface area (Å²) >= 11 is 0. The van der Waals surface area contributed by atoms with Gasteiger partial charge in [-0.2, -0.15) is 0 Å². The Hall–Kier alpha value is -1.10. The van der Waals surface area contributed by atoms with Crippen LogP contribution in [0.3, 0.4) is 0 Å². The summed E-state index contributed by atoms with van der Waals surface area (Å²) in [5, 5.41) is 11.7. The standard InChI is InChI=1S/C7H12N2O3/c1-5(10)6-4-8-2-3-9(6)7(11)12/h6,8H,2-4H2,1H3,(H,11,12). The number of Topliss-reactive ketones (excluding diaryl/α,β-unsaturated/α-hetero) is 1. The predicted molar refractivity (Wildman–Crippen MR) is 42.1 cm³/mol. The first-order valence-electron chi connectivity index (χ1n) is 3.83. The molecule has 1 fully saturated rings. The van der Waals surface area contributed by atoms with Crippen LogP contribution < -0.4 is 5.32 Å². The summed E-state index contributed by atoms with van der Waals surface area (Å²) in [6.45, 7) is 2.85. The predicted octanol–water partition coefficient (Wildman–Crippen LogP) is -0.473. The fraction of sp³-hybridized carbons (Fsp3) is 0.714. The summed E-state index contributed by atoms with van der Waals surface area (Å²) in [7, 11) is 0. The Bertz CT molecular complexity index is 183. The number of ketones is 1. The molecule has 1 unspecified atom stereocenters.